The quantitative estimate of drug-likeness (QED) is 0.121. The minimum atomic E-state index is -1.83. The molecule has 16 nitrogen and oxygen atoms in total. The predicted octanol–water partition coefficient (Wildman–Crippen LogP) is -5.01. The van der Waals surface area contributed by atoms with Gasteiger partial charge in [-0.3, -0.25) is 10.1 Å². The van der Waals surface area contributed by atoms with Crippen molar-refractivity contribution < 1.29 is 64.8 Å². The molecule has 16 heteroatoms. The maximum absolute atomic E-state index is 11.2. The highest BCUT2D eigenvalue weighted by molar-refractivity contribution is 5.88. The topological polar surface area (TPSA) is 265 Å². The molecule has 35 heavy (non-hydrogen) atoms. The molecular weight excluding hydrogens is 480 g/mol. The molecule has 0 radical (unpaired) electrons. The number of aromatic carboxylic acids is 1. The van der Waals surface area contributed by atoms with Crippen LogP contribution in [0.5, 0.6) is 0 Å². The van der Waals surface area contributed by atoms with E-state index < -0.39 is 96.7 Å². The molecular formula is C19H25N2O14-. The third kappa shape index (κ3) is 5.67. The number of aliphatic hydroxyl groups is 7. The van der Waals surface area contributed by atoms with Crippen LogP contribution < -0.4 is 10.4 Å². The van der Waals surface area contributed by atoms with Crippen LogP contribution >= 0.6 is 0 Å². The van der Waals surface area contributed by atoms with E-state index in [1.165, 1.54) is 0 Å². The Kier molecular flexibility index (Phi) is 8.54. The molecule has 196 valence electrons. The van der Waals surface area contributed by atoms with Crippen molar-refractivity contribution in [2.45, 2.75) is 61.3 Å². The third-order valence-electron chi connectivity index (χ3n) is 5.68. The second-order valence-corrected chi connectivity index (χ2v) is 8.01. The van der Waals surface area contributed by atoms with E-state index in [9.17, 15) is 55.8 Å². The lowest BCUT2D eigenvalue weighted by molar-refractivity contribution is -0.384. The Labute approximate surface area is 196 Å². The second-order valence-electron chi connectivity index (χ2n) is 8.01. The van der Waals surface area contributed by atoms with Crippen molar-refractivity contribution in [1.82, 2.24) is 0 Å². The number of carboxylic acids is 1. The first-order chi connectivity index (χ1) is 16.5. The third-order valence-corrected chi connectivity index (χ3v) is 5.68. The van der Waals surface area contributed by atoms with Crippen molar-refractivity contribution in [2.75, 3.05) is 18.5 Å². The van der Waals surface area contributed by atoms with E-state index >= 15 is 0 Å². The zero-order chi connectivity index (χ0) is 26.0. The van der Waals surface area contributed by atoms with E-state index in [1.54, 1.807) is 0 Å². The van der Waals surface area contributed by atoms with Gasteiger partial charge in [0.05, 0.1) is 24.1 Å². The Morgan fingerprint density at radius 3 is 2.17 bits per heavy atom. The van der Waals surface area contributed by atoms with E-state index in [2.05, 4.69) is 5.32 Å². The molecule has 8 N–H and O–H groups in total. The highest BCUT2D eigenvalue weighted by Crippen LogP contribution is 2.30. The average molecular weight is 505 g/mol. The molecule has 2 fully saturated rings. The van der Waals surface area contributed by atoms with Gasteiger partial charge in [-0.15, -0.1) is 0 Å². The Bertz CT molecular complexity index is 881. The maximum atomic E-state index is 11.2. The summed E-state index contributed by atoms with van der Waals surface area (Å²) in [6.07, 6.45) is -16.4. The molecule has 2 aliphatic heterocycles. The van der Waals surface area contributed by atoms with E-state index in [1.807, 2.05) is 0 Å². The van der Waals surface area contributed by atoms with Gasteiger partial charge in [-0.25, -0.2) is 0 Å². The summed E-state index contributed by atoms with van der Waals surface area (Å²) in [5.74, 6) is -1.71. The number of hydrogen-bond donors (Lipinski definition) is 8. The lowest BCUT2D eigenvalue weighted by Gasteiger charge is -2.46. The molecule has 0 amide bonds. The number of carbonyl (C=O) groups is 1. The fraction of sp³-hybridized carbons (Fsp3) is 0.632. The lowest BCUT2D eigenvalue weighted by Crippen LogP contribution is -2.65. The Balaban J connectivity index is 1.78. The molecule has 0 saturated carbocycles. The van der Waals surface area contributed by atoms with Gasteiger partial charge in [0.25, 0.3) is 5.69 Å². The van der Waals surface area contributed by atoms with Gasteiger partial charge < -0.3 is 65.2 Å². The van der Waals surface area contributed by atoms with Gasteiger partial charge in [0, 0.05) is 23.4 Å². The molecule has 0 aliphatic carbocycles. The number of ether oxygens (including phenoxy) is 3. The van der Waals surface area contributed by atoms with Crippen LogP contribution in [0.2, 0.25) is 0 Å². The van der Waals surface area contributed by atoms with Crippen LogP contribution in [0.1, 0.15) is 10.4 Å². The Morgan fingerprint density at radius 2 is 1.60 bits per heavy atom. The van der Waals surface area contributed by atoms with Crippen molar-refractivity contribution in [2.24, 2.45) is 0 Å². The molecule has 3 rings (SSSR count). The summed E-state index contributed by atoms with van der Waals surface area (Å²) in [6.45, 7) is -1.55. The molecule has 0 bridgehead atoms. The minimum Gasteiger partial charge on any atom is -0.545 e. The average Bonchev–Trinajstić information content (AvgIpc) is 2.83. The van der Waals surface area contributed by atoms with Crippen LogP contribution in [0.3, 0.4) is 0 Å². The van der Waals surface area contributed by atoms with Crippen molar-refractivity contribution in [3.05, 3.63) is 33.9 Å². The normalized spacial score (nSPS) is 37.6. The fourth-order valence-electron chi connectivity index (χ4n) is 3.79. The van der Waals surface area contributed by atoms with Gasteiger partial charge >= 0.3 is 0 Å². The monoisotopic (exact) mass is 505 g/mol. The smallest absolute Gasteiger partial charge is 0.272 e. The van der Waals surface area contributed by atoms with Crippen LogP contribution in [0.25, 0.3) is 0 Å². The van der Waals surface area contributed by atoms with Gasteiger partial charge in [0.15, 0.2) is 12.5 Å². The van der Waals surface area contributed by atoms with E-state index in [4.69, 9.17) is 14.2 Å². The van der Waals surface area contributed by atoms with Crippen LogP contribution in [0, 0.1) is 10.1 Å². The van der Waals surface area contributed by atoms with Gasteiger partial charge in [-0.1, -0.05) is 0 Å². The molecule has 2 aliphatic rings. The number of aliphatic hydroxyl groups excluding tert-OH is 7. The number of carbonyl (C=O) groups excluding carboxylic acids is 1. The summed E-state index contributed by atoms with van der Waals surface area (Å²) in [7, 11) is 0. The first-order valence-corrected chi connectivity index (χ1v) is 10.3. The van der Waals surface area contributed by atoms with Gasteiger partial charge in [0.2, 0.25) is 0 Å². The minimum absolute atomic E-state index is 0.181. The van der Waals surface area contributed by atoms with Crippen molar-refractivity contribution in [3.8, 4) is 0 Å². The molecule has 1 aromatic rings. The molecule has 0 spiro atoms. The van der Waals surface area contributed by atoms with Crippen molar-refractivity contribution >= 4 is 17.3 Å². The van der Waals surface area contributed by atoms with Gasteiger partial charge in [-0.05, 0) is 6.07 Å². The number of carboxylic acid groups (broad SMARTS) is 1. The van der Waals surface area contributed by atoms with Crippen molar-refractivity contribution in [1.29, 1.82) is 0 Å². The second kappa shape index (κ2) is 11.0. The fourth-order valence-corrected chi connectivity index (χ4v) is 3.79. The molecule has 1 aromatic carbocycles. The molecule has 2 heterocycles. The number of nitrogens with zero attached hydrogens (tertiary/aromatic N) is 1. The van der Waals surface area contributed by atoms with E-state index in [0.29, 0.717) is 0 Å². The van der Waals surface area contributed by atoms with Crippen LogP contribution in [0.15, 0.2) is 18.2 Å². The van der Waals surface area contributed by atoms with Crippen LogP contribution in [-0.2, 0) is 14.2 Å². The number of non-ortho nitro benzene ring substituents is 1. The molecule has 0 unspecified atom stereocenters. The maximum Gasteiger partial charge on any atom is 0.272 e. The van der Waals surface area contributed by atoms with Crippen molar-refractivity contribution in [3.63, 3.8) is 0 Å². The number of hydrogen-bond acceptors (Lipinski definition) is 15. The zero-order valence-corrected chi connectivity index (χ0v) is 17.9. The summed E-state index contributed by atoms with van der Waals surface area (Å²) >= 11 is 0. The first-order valence-electron chi connectivity index (χ1n) is 10.3. The van der Waals surface area contributed by atoms with Crippen LogP contribution in [-0.4, -0.2) is 121 Å². The van der Waals surface area contributed by atoms with E-state index in [-0.39, 0.29) is 5.69 Å². The number of nitro groups is 1. The number of nitro benzene ring substituents is 1. The highest BCUT2D eigenvalue weighted by atomic mass is 16.7. The van der Waals surface area contributed by atoms with Crippen LogP contribution in [0.4, 0.5) is 11.4 Å². The summed E-state index contributed by atoms with van der Waals surface area (Å²) in [6, 6.07) is 2.67. The van der Waals surface area contributed by atoms with Gasteiger partial charge in [0.1, 0.15) is 48.8 Å². The first kappa shape index (κ1) is 27.1. The summed E-state index contributed by atoms with van der Waals surface area (Å²) < 4.78 is 16.1. The summed E-state index contributed by atoms with van der Waals surface area (Å²) in [5.41, 5.74) is -1.34. The Morgan fingerprint density at radius 1 is 0.943 bits per heavy atom. The number of anilines is 1. The molecule has 2 saturated heterocycles. The largest absolute Gasteiger partial charge is 0.545 e. The number of rotatable bonds is 8. The molecule has 10 atom stereocenters. The number of nitrogens with one attached hydrogen (secondary N) is 1. The molecule has 0 aromatic heterocycles. The highest BCUT2D eigenvalue weighted by Gasteiger charge is 2.50. The Hall–Kier alpha value is -2.51. The SMILES string of the molecule is O=C([O-])c1cc(N[C@@H]2O[C@@H](CO)[C@@H](O[C@H]3O[C@@H](CO)[C@@H](O)[C@@H](O)[C@H]3O)[C@@H](O)[C@H]2O)cc([N+](=O)[O-])c1. The summed E-state index contributed by atoms with van der Waals surface area (Å²) in [4.78, 5) is 21.4. The number of benzene rings is 1. The summed E-state index contributed by atoms with van der Waals surface area (Å²) in [5, 5.41) is 94.8. The predicted molar refractivity (Wildman–Crippen MR) is 107 cm³/mol. The van der Waals surface area contributed by atoms with E-state index in [0.717, 1.165) is 18.2 Å². The lowest BCUT2D eigenvalue weighted by atomic mass is 9.96. The zero-order valence-electron chi connectivity index (χ0n) is 17.9. The van der Waals surface area contributed by atoms with Gasteiger partial charge in [-0.2, -0.15) is 0 Å². The standard InChI is InChI=1S/C19H26N2O14/c22-4-9-11(24)12(25)15(28)19(34-9)35-16-10(5-23)33-17(14(27)13(16)26)20-7-1-6(18(29)30)2-8(3-7)21(31)32/h1-3,9-17,19-20,22-28H,4-5H2,(H,29,30)/p-1/t9-,10-,11+,12+,13-,14+,15+,16+,17+,19+/m0/s1.